The Morgan fingerprint density at radius 3 is 2.51 bits per heavy atom. The second-order valence-corrected chi connectivity index (χ2v) is 8.44. The number of aromatic nitrogens is 7. The van der Waals surface area contributed by atoms with Crippen molar-refractivity contribution in [3.05, 3.63) is 102 Å². The van der Waals surface area contributed by atoms with E-state index in [9.17, 15) is 5.11 Å². The van der Waals surface area contributed by atoms with Crippen molar-refractivity contribution in [3.8, 4) is 23.2 Å². The Hall–Kier alpha value is -4.59. The number of imidazole rings is 1. The van der Waals surface area contributed by atoms with Crippen LogP contribution in [0.15, 0.2) is 78.0 Å². The van der Waals surface area contributed by atoms with Crippen LogP contribution in [-0.2, 0) is 19.6 Å². The average molecular weight is 495 g/mol. The van der Waals surface area contributed by atoms with Crippen LogP contribution in [0.25, 0.3) is 11.3 Å². The normalized spacial score (nSPS) is 11.7. The van der Waals surface area contributed by atoms with Gasteiger partial charge in [-0.1, -0.05) is 17.0 Å². The molecule has 0 bridgehead atoms. The molecule has 37 heavy (non-hydrogen) atoms. The summed E-state index contributed by atoms with van der Waals surface area (Å²) >= 11 is 0. The van der Waals surface area contributed by atoms with Gasteiger partial charge in [-0.25, -0.2) is 4.98 Å². The molecular formula is C27H26N8O2. The number of nitrogens with one attached hydrogen (secondary N) is 1. The molecule has 4 aromatic heterocycles. The zero-order chi connectivity index (χ0) is 25.5. The highest BCUT2D eigenvalue weighted by Gasteiger charge is 2.12. The molecule has 10 nitrogen and oxygen atoms in total. The van der Waals surface area contributed by atoms with Crippen molar-refractivity contribution in [2.24, 2.45) is 0 Å². The number of benzene rings is 1. The van der Waals surface area contributed by atoms with Crippen LogP contribution >= 0.6 is 0 Å². The van der Waals surface area contributed by atoms with Crippen molar-refractivity contribution >= 4 is 0 Å². The maximum absolute atomic E-state index is 9.83. The van der Waals surface area contributed by atoms with E-state index < -0.39 is 6.10 Å². The zero-order valence-electron chi connectivity index (χ0n) is 20.3. The van der Waals surface area contributed by atoms with Crippen LogP contribution < -0.4 is 5.32 Å². The predicted molar refractivity (Wildman–Crippen MR) is 136 cm³/mol. The minimum atomic E-state index is -0.651. The standard InChI is InChI=1S/C27H26N8O2/c1-20(36)27-29-13-14-34(27)19-25-16-26(37-33-25)23-7-4-21(5-8-23)2-3-22-6-9-24(30-17-22)18-28-12-15-35-31-10-11-32-35/h4-11,13-14,16-17,20,28,36H,12,15,18-19H2,1H3/t20-/m0/s1. The Morgan fingerprint density at radius 2 is 1.76 bits per heavy atom. The van der Waals surface area contributed by atoms with E-state index in [0.29, 0.717) is 31.2 Å². The van der Waals surface area contributed by atoms with Crippen LogP contribution in [0.3, 0.4) is 0 Å². The van der Waals surface area contributed by atoms with Gasteiger partial charge in [-0.05, 0) is 43.3 Å². The van der Waals surface area contributed by atoms with Crippen LogP contribution in [0.4, 0.5) is 0 Å². The molecule has 0 amide bonds. The number of aliphatic hydroxyl groups is 1. The van der Waals surface area contributed by atoms with Gasteiger partial charge in [0.15, 0.2) is 5.76 Å². The van der Waals surface area contributed by atoms with E-state index >= 15 is 0 Å². The lowest BCUT2D eigenvalue weighted by molar-refractivity contribution is 0.184. The lowest BCUT2D eigenvalue weighted by Crippen LogP contribution is -2.21. The molecule has 1 atom stereocenters. The number of hydrogen-bond donors (Lipinski definition) is 2. The van der Waals surface area contributed by atoms with Crippen LogP contribution in [0.2, 0.25) is 0 Å². The molecule has 0 aliphatic heterocycles. The minimum absolute atomic E-state index is 0.471. The molecule has 0 radical (unpaired) electrons. The van der Waals surface area contributed by atoms with Crippen molar-refractivity contribution in [2.75, 3.05) is 6.54 Å². The van der Waals surface area contributed by atoms with Crippen molar-refractivity contribution in [3.63, 3.8) is 0 Å². The lowest BCUT2D eigenvalue weighted by Gasteiger charge is -2.07. The Kier molecular flexibility index (Phi) is 7.45. The monoisotopic (exact) mass is 494 g/mol. The molecule has 0 aliphatic rings. The van der Waals surface area contributed by atoms with E-state index in [2.05, 4.69) is 42.5 Å². The molecule has 5 rings (SSSR count). The van der Waals surface area contributed by atoms with Gasteiger partial charge in [-0.2, -0.15) is 15.0 Å². The topological polar surface area (TPSA) is 120 Å². The summed E-state index contributed by atoms with van der Waals surface area (Å²) < 4.78 is 7.38. The smallest absolute Gasteiger partial charge is 0.167 e. The van der Waals surface area contributed by atoms with Gasteiger partial charge in [0.1, 0.15) is 17.6 Å². The second-order valence-electron chi connectivity index (χ2n) is 8.44. The van der Waals surface area contributed by atoms with E-state index in [1.165, 1.54) is 0 Å². The minimum Gasteiger partial charge on any atom is -0.385 e. The maximum Gasteiger partial charge on any atom is 0.167 e. The summed E-state index contributed by atoms with van der Waals surface area (Å²) in [5, 5.41) is 25.5. The first-order valence-corrected chi connectivity index (χ1v) is 11.9. The lowest BCUT2D eigenvalue weighted by atomic mass is 10.1. The second kappa shape index (κ2) is 11.4. The van der Waals surface area contributed by atoms with E-state index in [0.717, 1.165) is 34.6 Å². The van der Waals surface area contributed by atoms with E-state index in [1.807, 2.05) is 53.2 Å². The first-order chi connectivity index (χ1) is 18.1. The molecule has 0 spiro atoms. The Balaban J connectivity index is 1.14. The molecule has 2 N–H and O–H groups in total. The third kappa shape index (κ3) is 6.35. The van der Waals surface area contributed by atoms with Crippen LogP contribution in [0.5, 0.6) is 0 Å². The first-order valence-electron chi connectivity index (χ1n) is 11.9. The molecule has 5 aromatic rings. The molecule has 10 heteroatoms. The summed E-state index contributed by atoms with van der Waals surface area (Å²) in [6, 6.07) is 13.7. The SMILES string of the molecule is C[C@H](O)c1nccn1Cc1cc(-c2ccc(C#Cc3ccc(CNCCn4nccn4)nc3)cc2)on1. The zero-order valence-corrected chi connectivity index (χ0v) is 20.3. The quantitative estimate of drug-likeness (QED) is 0.237. The van der Waals surface area contributed by atoms with E-state index in [1.54, 1.807) is 36.5 Å². The fourth-order valence-corrected chi connectivity index (χ4v) is 3.74. The van der Waals surface area contributed by atoms with Crippen LogP contribution in [-0.4, -0.2) is 46.3 Å². The van der Waals surface area contributed by atoms with Crippen molar-refractivity contribution < 1.29 is 9.63 Å². The average Bonchev–Trinajstić information content (AvgIpc) is 3.69. The Morgan fingerprint density at radius 1 is 0.973 bits per heavy atom. The Bertz CT molecular complexity index is 1470. The molecule has 0 fully saturated rings. The largest absolute Gasteiger partial charge is 0.385 e. The summed E-state index contributed by atoms with van der Waals surface area (Å²) in [5.74, 6) is 7.59. The molecule has 0 saturated carbocycles. The highest BCUT2D eigenvalue weighted by molar-refractivity contribution is 5.59. The van der Waals surface area contributed by atoms with E-state index in [-0.39, 0.29) is 0 Å². The van der Waals surface area contributed by atoms with Gasteiger partial charge in [-0.3, -0.25) is 4.98 Å². The molecule has 0 saturated heterocycles. The Labute approximate surface area is 214 Å². The van der Waals surface area contributed by atoms with Gasteiger partial charge in [0.05, 0.1) is 31.2 Å². The summed E-state index contributed by atoms with van der Waals surface area (Å²) in [7, 11) is 0. The van der Waals surface area contributed by atoms with Gasteiger partial charge in [0.2, 0.25) is 0 Å². The highest BCUT2D eigenvalue weighted by atomic mass is 16.5. The molecule has 1 aromatic carbocycles. The highest BCUT2D eigenvalue weighted by Crippen LogP contribution is 2.22. The third-order valence-corrected chi connectivity index (χ3v) is 5.62. The summed E-state index contributed by atoms with van der Waals surface area (Å²) in [5.41, 5.74) is 4.35. The molecule has 0 unspecified atom stereocenters. The number of aliphatic hydroxyl groups excluding tert-OH is 1. The van der Waals surface area contributed by atoms with Crippen molar-refractivity contribution in [1.29, 1.82) is 0 Å². The van der Waals surface area contributed by atoms with Crippen LogP contribution in [0.1, 0.15) is 41.4 Å². The van der Waals surface area contributed by atoms with Crippen molar-refractivity contribution in [2.45, 2.75) is 32.7 Å². The van der Waals surface area contributed by atoms with Gasteiger partial charge in [0, 0.05) is 54.4 Å². The molecule has 186 valence electrons. The van der Waals surface area contributed by atoms with Gasteiger partial charge >= 0.3 is 0 Å². The van der Waals surface area contributed by atoms with E-state index in [4.69, 9.17) is 4.52 Å². The predicted octanol–water partition coefficient (Wildman–Crippen LogP) is 2.82. The van der Waals surface area contributed by atoms with Gasteiger partial charge in [-0.15, -0.1) is 0 Å². The first kappa shape index (κ1) is 24.1. The summed E-state index contributed by atoms with van der Waals surface area (Å²) in [4.78, 5) is 10.3. The third-order valence-electron chi connectivity index (χ3n) is 5.62. The number of hydrogen-bond acceptors (Lipinski definition) is 8. The fraction of sp³-hybridized carbons (Fsp3) is 0.222. The van der Waals surface area contributed by atoms with Gasteiger partial charge in [0.25, 0.3) is 0 Å². The summed E-state index contributed by atoms with van der Waals surface area (Å²) in [6.45, 7) is 4.30. The maximum atomic E-state index is 9.83. The number of pyridine rings is 1. The van der Waals surface area contributed by atoms with Crippen LogP contribution in [0, 0.1) is 11.8 Å². The molecule has 0 aliphatic carbocycles. The number of nitrogens with zero attached hydrogens (tertiary/aromatic N) is 7. The summed E-state index contributed by atoms with van der Waals surface area (Å²) in [6.07, 6.45) is 7.94. The molecular weight excluding hydrogens is 468 g/mol. The van der Waals surface area contributed by atoms with Gasteiger partial charge < -0.3 is 19.5 Å². The fourth-order valence-electron chi connectivity index (χ4n) is 3.74. The molecule has 4 heterocycles. The number of rotatable bonds is 9. The van der Waals surface area contributed by atoms with Crippen molar-refractivity contribution in [1.82, 2.24) is 40.0 Å².